The van der Waals surface area contributed by atoms with Gasteiger partial charge in [0.25, 0.3) is 5.91 Å². The molecule has 0 fully saturated rings. The molecule has 0 saturated carbocycles. The Morgan fingerprint density at radius 3 is 2.27 bits per heavy atom. The summed E-state index contributed by atoms with van der Waals surface area (Å²) >= 11 is 3.39. The number of carbonyl (C=O) groups excluding carboxylic acids is 1. The number of hydrogen-bond donors (Lipinski definition) is 2. The number of carboxylic acids is 1. The van der Waals surface area contributed by atoms with E-state index >= 15 is 0 Å². The number of furan rings is 1. The van der Waals surface area contributed by atoms with E-state index in [0.29, 0.717) is 6.54 Å². The number of amides is 1. The molecule has 2 rings (SSSR count). The zero-order valence-corrected chi connectivity index (χ0v) is 13.8. The maximum atomic E-state index is 12.0. The van der Waals surface area contributed by atoms with Crippen LogP contribution in [-0.4, -0.2) is 23.5 Å². The topological polar surface area (TPSA) is 79.5 Å². The van der Waals surface area contributed by atoms with Gasteiger partial charge in [-0.25, -0.2) is 4.79 Å². The van der Waals surface area contributed by atoms with Crippen molar-refractivity contribution >= 4 is 27.8 Å². The Morgan fingerprint density at radius 2 is 1.73 bits per heavy atom. The van der Waals surface area contributed by atoms with Crippen LogP contribution in [0.15, 0.2) is 45.3 Å². The summed E-state index contributed by atoms with van der Waals surface area (Å²) in [4.78, 5) is 22.7. The van der Waals surface area contributed by atoms with Crippen molar-refractivity contribution in [2.75, 3.05) is 6.54 Å². The quantitative estimate of drug-likeness (QED) is 0.850. The summed E-state index contributed by atoms with van der Waals surface area (Å²) in [6.45, 7) is 4.43. The fraction of sp³-hybridized carbons (Fsp3) is 0.250. The first kappa shape index (κ1) is 16.3. The fourth-order valence-electron chi connectivity index (χ4n) is 1.97. The van der Waals surface area contributed by atoms with Crippen molar-refractivity contribution in [3.05, 3.63) is 58.0 Å². The molecule has 0 aliphatic heterocycles. The highest BCUT2D eigenvalue weighted by atomic mass is 79.9. The molecule has 0 unspecified atom stereocenters. The minimum Gasteiger partial charge on any atom is -0.475 e. The van der Waals surface area contributed by atoms with Crippen LogP contribution in [0.1, 0.15) is 40.5 Å². The van der Waals surface area contributed by atoms with Crippen LogP contribution in [0.2, 0.25) is 0 Å². The van der Waals surface area contributed by atoms with Crippen LogP contribution in [0.3, 0.4) is 0 Å². The van der Waals surface area contributed by atoms with E-state index in [-0.39, 0.29) is 16.9 Å². The zero-order chi connectivity index (χ0) is 16.3. The fourth-order valence-corrected chi connectivity index (χ4v) is 2.23. The van der Waals surface area contributed by atoms with Gasteiger partial charge in [0.2, 0.25) is 5.76 Å². The Labute approximate surface area is 136 Å². The van der Waals surface area contributed by atoms with Crippen molar-refractivity contribution in [1.29, 1.82) is 0 Å². The van der Waals surface area contributed by atoms with Crippen molar-refractivity contribution in [3.63, 3.8) is 0 Å². The number of hydrogen-bond acceptors (Lipinski definition) is 3. The Balaban J connectivity index is 2.02. The summed E-state index contributed by atoms with van der Waals surface area (Å²) in [5.41, 5.74) is 0.820. The van der Waals surface area contributed by atoms with Crippen LogP contribution in [0.5, 0.6) is 0 Å². The highest BCUT2D eigenvalue weighted by Crippen LogP contribution is 2.24. The SMILES string of the molecule is CC(C)(CNC(=O)c1ccc(C(=O)O)o1)c1ccc(Br)cc1. The normalized spacial score (nSPS) is 11.2. The molecule has 6 heteroatoms. The standard InChI is InChI=1S/C16H16BrNO4/c1-16(2,10-3-5-11(17)6-4-10)9-18-14(19)12-7-8-13(22-12)15(20)21/h3-8H,9H2,1-2H3,(H,18,19)(H,20,21). The number of carboxylic acid groups (broad SMARTS) is 1. The van der Waals surface area contributed by atoms with Gasteiger partial charge in [-0.15, -0.1) is 0 Å². The number of carbonyl (C=O) groups is 2. The molecule has 0 aliphatic carbocycles. The van der Waals surface area contributed by atoms with E-state index in [1.165, 1.54) is 12.1 Å². The molecule has 1 heterocycles. The summed E-state index contributed by atoms with van der Waals surface area (Å²) in [7, 11) is 0. The molecule has 22 heavy (non-hydrogen) atoms. The van der Waals surface area contributed by atoms with Crippen LogP contribution in [0, 0.1) is 0 Å². The highest BCUT2D eigenvalue weighted by molar-refractivity contribution is 9.10. The van der Waals surface area contributed by atoms with Gasteiger partial charge >= 0.3 is 5.97 Å². The number of nitrogens with one attached hydrogen (secondary N) is 1. The molecule has 116 valence electrons. The molecule has 0 bridgehead atoms. The van der Waals surface area contributed by atoms with E-state index < -0.39 is 11.9 Å². The number of aromatic carboxylic acids is 1. The van der Waals surface area contributed by atoms with Gasteiger partial charge in [0.15, 0.2) is 5.76 Å². The third-order valence-electron chi connectivity index (χ3n) is 3.36. The Hall–Kier alpha value is -2.08. The molecule has 1 aromatic carbocycles. The summed E-state index contributed by atoms with van der Waals surface area (Å²) in [6.07, 6.45) is 0. The van der Waals surface area contributed by atoms with E-state index in [1.54, 1.807) is 0 Å². The number of benzene rings is 1. The van der Waals surface area contributed by atoms with E-state index in [2.05, 4.69) is 21.2 Å². The van der Waals surface area contributed by atoms with Gasteiger partial charge in [-0.3, -0.25) is 4.79 Å². The summed E-state index contributed by atoms with van der Waals surface area (Å²) < 4.78 is 5.97. The van der Waals surface area contributed by atoms with Crippen LogP contribution >= 0.6 is 15.9 Å². The lowest BCUT2D eigenvalue weighted by Gasteiger charge is -2.25. The molecule has 0 spiro atoms. The molecule has 5 nitrogen and oxygen atoms in total. The van der Waals surface area contributed by atoms with Crippen molar-refractivity contribution in [2.45, 2.75) is 19.3 Å². The summed E-state index contributed by atoms with van der Waals surface area (Å²) in [5.74, 6) is -1.90. The first-order valence-electron chi connectivity index (χ1n) is 6.67. The molecule has 0 atom stereocenters. The predicted molar refractivity (Wildman–Crippen MR) is 85.2 cm³/mol. The molecule has 0 aliphatic rings. The highest BCUT2D eigenvalue weighted by Gasteiger charge is 2.23. The third-order valence-corrected chi connectivity index (χ3v) is 3.89. The van der Waals surface area contributed by atoms with Gasteiger partial charge in [-0.05, 0) is 29.8 Å². The van der Waals surface area contributed by atoms with Gasteiger partial charge < -0.3 is 14.8 Å². The molecular formula is C16H16BrNO4. The van der Waals surface area contributed by atoms with E-state index in [4.69, 9.17) is 9.52 Å². The minimum atomic E-state index is -1.20. The van der Waals surface area contributed by atoms with Crippen LogP contribution < -0.4 is 5.32 Å². The molecule has 2 aromatic rings. The second-order valence-electron chi connectivity index (χ2n) is 5.54. The molecule has 2 N–H and O–H groups in total. The van der Waals surface area contributed by atoms with Gasteiger partial charge in [0.1, 0.15) is 0 Å². The van der Waals surface area contributed by atoms with Crippen molar-refractivity contribution < 1.29 is 19.1 Å². The van der Waals surface area contributed by atoms with Gasteiger partial charge in [-0.2, -0.15) is 0 Å². The maximum absolute atomic E-state index is 12.0. The van der Waals surface area contributed by atoms with Crippen LogP contribution in [-0.2, 0) is 5.41 Å². The van der Waals surface area contributed by atoms with Crippen LogP contribution in [0.25, 0.3) is 0 Å². The third kappa shape index (κ3) is 3.76. The molecular weight excluding hydrogens is 350 g/mol. The number of rotatable bonds is 5. The maximum Gasteiger partial charge on any atom is 0.371 e. The average Bonchev–Trinajstić information content (AvgIpc) is 2.95. The predicted octanol–water partition coefficient (Wildman–Crippen LogP) is 3.45. The van der Waals surface area contributed by atoms with E-state index in [1.807, 2.05) is 38.1 Å². The molecule has 0 saturated heterocycles. The molecule has 1 amide bonds. The molecule has 0 radical (unpaired) electrons. The smallest absolute Gasteiger partial charge is 0.371 e. The number of halogens is 1. The second kappa shape index (κ2) is 6.36. The summed E-state index contributed by atoms with van der Waals surface area (Å²) in [6, 6.07) is 10.5. The van der Waals surface area contributed by atoms with Gasteiger partial charge in [-0.1, -0.05) is 41.9 Å². The van der Waals surface area contributed by atoms with Crippen LogP contribution in [0.4, 0.5) is 0 Å². The Kier molecular flexibility index (Phi) is 4.71. The van der Waals surface area contributed by atoms with Crippen molar-refractivity contribution in [2.24, 2.45) is 0 Å². The van der Waals surface area contributed by atoms with Crippen molar-refractivity contribution in [1.82, 2.24) is 5.32 Å². The Bertz CT molecular complexity index is 688. The average molecular weight is 366 g/mol. The Morgan fingerprint density at radius 1 is 1.14 bits per heavy atom. The minimum absolute atomic E-state index is 0.0102. The first-order chi connectivity index (χ1) is 10.3. The van der Waals surface area contributed by atoms with Gasteiger partial charge in [0, 0.05) is 16.4 Å². The molecule has 1 aromatic heterocycles. The first-order valence-corrected chi connectivity index (χ1v) is 7.46. The largest absolute Gasteiger partial charge is 0.475 e. The van der Waals surface area contributed by atoms with Crippen molar-refractivity contribution in [3.8, 4) is 0 Å². The van der Waals surface area contributed by atoms with E-state index in [9.17, 15) is 9.59 Å². The monoisotopic (exact) mass is 365 g/mol. The lowest BCUT2D eigenvalue weighted by Crippen LogP contribution is -2.36. The summed E-state index contributed by atoms with van der Waals surface area (Å²) in [5, 5.41) is 11.5. The lowest BCUT2D eigenvalue weighted by atomic mass is 9.84. The van der Waals surface area contributed by atoms with Gasteiger partial charge in [0.05, 0.1) is 0 Å². The zero-order valence-electron chi connectivity index (χ0n) is 12.2. The second-order valence-corrected chi connectivity index (χ2v) is 6.46. The lowest BCUT2D eigenvalue weighted by molar-refractivity contribution is 0.0659. The van der Waals surface area contributed by atoms with E-state index in [0.717, 1.165) is 10.0 Å².